The van der Waals surface area contributed by atoms with E-state index >= 15 is 0 Å². The van der Waals surface area contributed by atoms with E-state index < -0.39 is 17.9 Å². The number of piperazine rings is 1. The number of H-pyrrole nitrogens is 1. The second-order valence-corrected chi connectivity index (χ2v) is 9.04. The normalized spacial score (nSPS) is 23.0. The fourth-order valence-electron chi connectivity index (χ4n) is 4.94. The second-order valence-electron chi connectivity index (χ2n) is 9.04. The molecule has 194 valence electrons. The summed E-state index contributed by atoms with van der Waals surface area (Å²) in [6.07, 6.45) is 7.25. The molecule has 1 saturated heterocycles. The van der Waals surface area contributed by atoms with Gasteiger partial charge in [-0.25, -0.2) is 0 Å². The molecule has 2 aliphatic heterocycles. The van der Waals surface area contributed by atoms with Gasteiger partial charge in [-0.2, -0.15) is 23.4 Å². The lowest BCUT2D eigenvalue weighted by molar-refractivity contribution is -0.142. The van der Waals surface area contributed by atoms with Gasteiger partial charge in [0.15, 0.2) is 5.69 Å². The van der Waals surface area contributed by atoms with E-state index in [0.717, 1.165) is 23.4 Å². The van der Waals surface area contributed by atoms with Crippen molar-refractivity contribution in [2.45, 2.75) is 44.9 Å². The molecule has 1 aliphatic carbocycles. The molecule has 0 spiro atoms. The van der Waals surface area contributed by atoms with E-state index in [-0.39, 0.29) is 23.4 Å². The van der Waals surface area contributed by atoms with Crippen molar-refractivity contribution in [2.75, 3.05) is 26.2 Å². The number of nitrogens with zero attached hydrogens (tertiary/aromatic N) is 4. The molecule has 3 unspecified atom stereocenters. The van der Waals surface area contributed by atoms with Gasteiger partial charge in [-0.15, -0.1) is 0 Å². The molecular weight excluding hydrogens is 471 g/mol. The minimum Gasteiger partial charge on any atom is -0.373 e. The molecule has 3 N–H and O–H groups in total. The highest BCUT2D eigenvalue weighted by Crippen LogP contribution is 2.38. The summed E-state index contributed by atoms with van der Waals surface area (Å²) < 4.78 is 41.5. The number of hydrogen-bond acceptors (Lipinski definition) is 6. The Bertz CT molecular complexity index is 1090. The van der Waals surface area contributed by atoms with Gasteiger partial charge in [0.2, 0.25) is 5.91 Å². The van der Waals surface area contributed by atoms with Crippen LogP contribution in [0.25, 0.3) is 0 Å². The third kappa shape index (κ3) is 5.19. The maximum atomic E-state index is 13.8. The highest BCUT2D eigenvalue weighted by Gasteiger charge is 2.40. The zero-order valence-corrected chi connectivity index (χ0v) is 20.5. The molecule has 3 atom stereocenters. The van der Waals surface area contributed by atoms with Gasteiger partial charge in [0.1, 0.15) is 0 Å². The molecule has 4 rings (SSSR count). The molecule has 8 nitrogen and oxygen atoms in total. The molecular formula is C25H32F3N7O. The van der Waals surface area contributed by atoms with Crippen LogP contribution in [0.1, 0.15) is 44.0 Å². The molecule has 3 heterocycles. The summed E-state index contributed by atoms with van der Waals surface area (Å²) in [5.74, 6) is -0.128. The van der Waals surface area contributed by atoms with Gasteiger partial charge >= 0.3 is 6.18 Å². The summed E-state index contributed by atoms with van der Waals surface area (Å²) in [7, 11) is 0. The number of hydrazone groups is 1. The van der Waals surface area contributed by atoms with Gasteiger partial charge in [-0.3, -0.25) is 9.89 Å². The molecule has 0 saturated carbocycles. The maximum absolute atomic E-state index is 13.8. The first-order valence-electron chi connectivity index (χ1n) is 12.2. The number of alkyl halides is 3. The van der Waals surface area contributed by atoms with Crippen LogP contribution < -0.4 is 10.7 Å². The summed E-state index contributed by atoms with van der Waals surface area (Å²) >= 11 is 0. The molecule has 1 aromatic heterocycles. The third-order valence-corrected chi connectivity index (χ3v) is 6.79. The van der Waals surface area contributed by atoms with E-state index in [1.54, 1.807) is 11.1 Å². The fourth-order valence-corrected chi connectivity index (χ4v) is 4.94. The lowest BCUT2D eigenvalue weighted by Gasteiger charge is -2.40. The standard InChI is InChI=1S/C25H32F3N7O/c1-4-7-16(5-2)23(18-15-30-33-24(18)25(26,27)28)31-20-12-17-14-29-32-19(17)13-21(20)34-8-10-35(11-9-34)22(36)6-3/h5-6,12-15,17,19,23,31-32H,3-4,7-11H2,1-2H3,(H,30,33)/b16-5+. The Morgan fingerprint density at radius 1 is 1.31 bits per heavy atom. The molecule has 1 aromatic rings. The molecule has 1 fully saturated rings. The van der Waals surface area contributed by atoms with Crippen LogP contribution in [0.5, 0.6) is 0 Å². The number of aromatic amines is 1. The lowest BCUT2D eigenvalue weighted by atomic mass is 9.90. The maximum Gasteiger partial charge on any atom is 0.435 e. The van der Waals surface area contributed by atoms with Gasteiger partial charge in [0, 0.05) is 50.1 Å². The minimum absolute atomic E-state index is 0.0211. The molecule has 36 heavy (non-hydrogen) atoms. The summed E-state index contributed by atoms with van der Waals surface area (Å²) in [6, 6.07) is -0.750. The Morgan fingerprint density at radius 2 is 2.06 bits per heavy atom. The van der Waals surface area contributed by atoms with Crippen molar-refractivity contribution >= 4 is 12.1 Å². The first-order valence-corrected chi connectivity index (χ1v) is 12.2. The minimum atomic E-state index is -4.58. The topological polar surface area (TPSA) is 88.7 Å². The zero-order chi connectivity index (χ0) is 25.9. The Balaban J connectivity index is 1.67. The smallest absolute Gasteiger partial charge is 0.373 e. The molecule has 0 aromatic carbocycles. The van der Waals surface area contributed by atoms with E-state index in [2.05, 4.69) is 43.6 Å². The number of amides is 1. The van der Waals surface area contributed by atoms with Crippen LogP contribution in [0.3, 0.4) is 0 Å². The van der Waals surface area contributed by atoms with Crippen LogP contribution >= 0.6 is 0 Å². The molecule has 0 bridgehead atoms. The van der Waals surface area contributed by atoms with E-state index in [1.807, 2.05) is 26.0 Å². The Hall–Kier alpha value is -3.50. The van der Waals surface area contributed by atoms with Crippen LogP contribution in [0.15, 0.2) is 59.1 Å². The Kier molecular flexibility index (Phi) is 7.56. The van der Waals surface area contributed by atoms with Crippen molar-refractivity contribution in [3.63, 3.8) is 0 Å². The Morgan fingerprint density at radius 3 is 2.69 bits per heavy atom. The number of hydrogen-bond donors (Lipinski definition) is 3. The van der Waals surface area contributed by atoms with Gasteiger partial charge in [-0.1, -0.05) is 26.0 Å². The van der Waals surface area contributed by atoms with E-state index in [9.17, 15) is 18.0 Å². The summed E-state index contributed by atoms with van der Waals surface area (Å²) in [6.45, 7) is 9.67. The summed E-state index contributed by atoms with van der Waals surface area (Å²) in [4.78, 5) is 15.9. The van der Waals surface area contributed by atoms with Gasteiger partial charge < -0.3 is 20.5 Å². The van der Waals surface area contributed by atoms with Crippen molar-refractivity contribution in [1.29, 1.82) is 0 Å². The van der Waals surface area contributed by atoms with Crippen LogP contribution in [0.2, 0.25) is 0 Å². The van der Waals surface area contributed by atoms with Crippen LogP contribution in [0.4, 0.5) is 13.2 Å². The number of aromatic nitrogens is 2. The number of carbonyl (C=O) groups excluding carboxylic acids is 1. The molecule has 1 amide bonds. The average molecular weight is 504 g/mol. The highest BCUT2D eigenvalue weighted by molar-refractivity contribution is 5.87. The first kappa shape index (κ1) is 25.6. The fraction of sp³-hybridized carbons (Fsp3) is 0.480. The molecule has 11 heteroatoms. The molecule has 3 aliphatic rings. The number of nitrogens with one attached hydrogen (secondary N) is 3. The first-order chi connectivity index (χ1) is 17.3. The predicted molar refractivity (Wildman–Crippen MR) is 132 cm³/mol. The lowest BCUT2D eigenvalue weighted by Crippen LogP contribution is -2.49. The number of rotatable bonds is 8. The van der Waals surface area contributed by atoms with Crippen molar-refractivity contribution < 1.29 is 18.0 Å². The number of allylic oxidation sites excluding steroid dienone is 1. The third-order valence-electron chi connectivity index (χ3n) is 6.79. The van der Waals surface area contributed by atoms with Crippen LogP contribution in [-0.2, 0) is 11.0 Å². The number of fused-ring (bicyclic) bond motifs is 1. The van der Waals surface area contributed by atoms with E-state index in [1.165, 1.54) is 12.3 Å². The zero-order valence-electron chi connectivity index (χ0n) is 20.5. The summed E-state index contributed by atoms with van der Waals surface area (Å²) in [5.41, 5.74) is 4.71. The monoisotopic (exact) mass is 503 g/mol. The van der Waals surface area contributed by atoms with Gasteiger partial charge in [-0.05, 0) is 37.1 Å². The van der Waals surface area contributed by atoms with Crippen molar-refractivity contribution in [2.24, 2.45) is 11.0 Å². The number of carbonyl (C=O) groups is 1. The second kappa shape index (κ2) is 10.6. The van der Waals surface area contributed by atoms with Crippen molar-refractivity contribution in [3.8, 4) is 0 Å². The summed E-state index contributed by atoms with van der Waals surface area (Å²) in [5, 5.41) is 13.6. The van der Waals surface area contributed by atoms with Crippen molar-refractivity contribution in [1.82, 2.24) is 30.7 Å². The Labute approximate surface area is 208 Å². The largest absolute Gasteiger partial charge is 0.435 e. The van der Waals surface area contributed by atoms with Gasteiger partial charge in [0.05, 0.1) is 23.5 Å². The van der Waals surface area contributed by atoms with Crippen LogP contribution in [-0.4, -0.2) is 64.3 Å². The van der Waals surface area contributed by atoms with Crippen molar-refractivity contribution in [3.05, 3.63) is 65.3 Å². The quantitative estimate of drug-likeness (QED) is 0.373. The van der Waals surface area contributed by atoms with E-state index in [4.69, 9.17) is 0 Å². The SMILES string of the molecule is C=CC(=O)N1CCN(C2=CC3NN=CC3C=C2NC(/C(=C/C)CCC)c2c[nH]nc2C(F)(F)F)CC1. The molecule has 0 radical (unpaired) electrons. The predicted octanol–water partition coefficient (Wildman–Crippen LogP) is 3.49. The average Bonchev–Trinajstić information content (AvgIpc) is 3.54. The van der Waals surface area contributed by atoms with Crippen LogP contribution in [0, 0.1) is 5.92 Å². The van der Waals surface area contributed by atoms with E-state index in [0.29, 0.717) is 32.6 Å². The highest BCUT2D eigenvalue weighted by atomic mass is 19.4. The number of halogens is 3. The van der Waals surface area contributed by atoms with Gasteiger partial charge in [0.25, 0.3) is 0 Å².